The van der Waals surface area contributed by atoms with E-state index in [1.54, 1.807) is 6.07 Å². The molecule has 0 amide bonds. The van der Waals surface area contributed by atoms with Crippen LogP contribution in [0.15, 0.2) is 53.1 Å². The van der Waals surface area contributed by atoms with Gasteiger partial charge in [-0.3, -0.25) is 4.90 Å². The summed E-state index contributed by atoms with van der Waals surface area (Å²) >= 11 is 0. The molecule has 5 rings (SSSR count). The molecule has 0 spiro atoms. The second-order valence-corrected chi connectivity index (χ2v) is 9.96. The van der Waals surface area contributed by atoms with E-state index < -0.39 is 10.0 Å². The standard InChI is InChI=1S/C23H23N5O5S/c24-14-17(23-25-18-3-1-2-4-19(18)26-23)20(29)15-27-7-9-28(10-8-27)34(30,31)16-5-6-21-22(13-16)33-12-11-32-21/h1-6,13,29H,7-12,15H2,(H,25,26)/b20-17-. The second-order valence-electron chi connectivity index (χ2n) is 8.02. The van der Waals surface area contributed by atoms with Crippen molar-refractivity contribution in [3.05, 3.63) is 54.0 Å². The molecule has 11 heteroatoms. The summed E-state index contributed by atoms with van der Waals surface area (Å²) in [5.74, 6) is 1.16. The number of ether oxygens (including phenoxy) is 2. The molecular weight excluding hydrogens is 458 g/mol. The van der Waals surface area contributed by atoms with Crippen molar-refractivity contribution in [3.8, 4) is 17.6 Å². The molecule has 0 unspecified atom stereocenters. The average Bonchev–Trinajstić information content (AvgIpc) is 3.28. The molecule has 34 heavy (non-hydrogen) atoms. The van der Waals surface area contributed by atoms with Crippen LogP contribution in [0.1, 0.15) is 5.82 Å². The minimum atomic E-state index is -3.70. The number of para-hydroxylation sites is 2. The zero-order valence-corrected chi connectivity index (χ0v) is 19.1. The smallest absolute Gasteiger partial charge is 0.243 e. The number of benzene rings is 2. The minimum Gasteiger partial charge on any atom is -0.509 e. The number of rotatable bonds is 5. The Morgan fingerprint density at radius 3 is 2.56 bits per heavy atom. The predicted octanol–water partition coefficient (Wildman–Crippen LogP) is 2.13. The van der Waals surface area contributed by atoms with E-state index in [4.69, 9.17) is 9.47 Å². The molecule has 0 bridgehead atoms. The summed E-state index contributed by atoms with van der Waals surface area (Å²) in [7, 11) is -3.70. The number of H-pyrrole nitrogens is 1. The highest BCUT2D eigenvalue weighted by Crippen LogP contribution is 2.33. The molecule has 3 heterocycles. The number of piperazine rings is 1. The molecule has 2 aliphatic rings. The molecule has 3 aromatic rings. The first-order chi connectivity index (χ1) is 16.5. The molecule has 176 valence electrons. The van der Waals surface area contributed by atoms with Gasteiger partial charge in [-0.05, 0) is 24.3 Å². The number of nitriles is 1. The number of aromatic nitrogens is 2. The fraction of sp³-hybridized carbons (Fsp3) is 0.304. The first-order valence-electron chi connectivity index (χ1n) is 10.9. The van der Waals surface area contributed by atoms with Crippen LogP contribution >= 0.6 is 0 Å². The molecule has 0 saturated carbocycles. The van der Waals surface area contributed by atoms with Gasteiger partial charge in [0.1, 0.15) is 30.6 Å². The van der Waals surface area contributed by atoms with Gasteiger partial charge in [-0.1, -0.05) is 12.1 Å². The van der Waals surface area contributed by atoms with Crippen molar-refractivity contribution in [2.75, 3.05) is 45.9 Å². The third-order valence-corrected chi connectivity index (χ3v) is 7.78. The quantitative estimate of drug-likeness (QED) is 0.419. The van der Waals surface area contributed by atoms with Gasteiger partial charge in [0.15, 0.2) is 17.3 Å². The molecule has 0 radical (unpaired) electrons. The number of aliphatic hydroxyl groups excluding tert-OH is 1. The number of nitrogens with one attached hydrogen (secondary N) is 1. The summed E-state index contributed by atoms with van der Waals surface area (Å²) in [5, 5.41) is 20.3. The second kappa shape index (κ2) is 8.98. The van der Waals surface area contributed by atoms with Gasteiger partial charge in [0.05, 0.1) is 22.5 Å². The normalized spacial score (nSPS) is 17.9. The third-order valence-electron chi connectivity index (χ3n) is 5.88. The number of hydrogen-bond donors (Lipinski definition) is 2. The van der Waals surface area contributed by atoms with E-state index in [-0.39, 0.29) is 35.9 Å². The van der Waals surface area contributed by atoms with E-state index in [0.717, 1.165) is 5.52 Å². The Morgan fingerprint density at radius 2 is 1.82 bits per heavy atom. The maximum atomic E-state index is 13.1. The lowest BCUT2D eigenvalue weighted by molar-refractivity contribution is 0.170. The van der Waals surface area contributed by atoms with Crippen LogP contribution in [-0.4, -0.2) is 78.6 Å². The van der Waals surface area contributed by atoms with Crippen molar-refractivity contribution < 1.29 is 23.0 Å². The summed E-state index contributed by atoms with van der Waals surface area (Å²) in [6, 6.07) is 14.0. The molecule has 1 saturated heterocycles. The van der Waals surface area contributed by atoms with Crippen molar-refractivity contribution >= 4 is 26.6 Å². The van der Waals surface area contributed by atoms with E-state index in [9.17, 15) is 18.8 Å². The van der Waals surface area contributed by atoms with Gasteiger partial charge in [0.2, 0.25) is 10.0 Å². The van der Waals surface area contributed by atoms with Gasteiger partial charge >= 0.3 is 0 Å². The topological polar surface area (TPSA) is 132 Å². The molecule has 2 aromatic carbocycles. The van der Waals surface area contributed by atoms with E-state index in [2.05, 4.69) is 9.97 Å². The summed E-state index contributed by atoms with van der Waals surface area (Å²) in [6.45, 7) is 2.28. The summed E-state index contributed by atoms with van der Waals surface area (Å²) < 4.78 is 38.6. The van der Waals surface area contributed by atoms with Crippen LogP contribution in [0.25, 0.3) is 16.6 Å². The monoisotopic (exact) mass is 481 g/mol. The Morgan fingerprint density at radius 1 is 1.09 bits per heavy atom. The Labute approximate surface area is 196 Å². The van der Waals surface area contributed by atoms with Crippen LogP contribution in [-0.2, 0) is 10.0 Å². The van der Waals surface area contributed by atoms with Crippen LogP contribution in [0.2, 0.25) is 0 Å². The lowest BCUT2D eigenvalue weighted by Crippen LogP contribution is -2.49. The summed E-state index contributed by atoms with van der Waals surface area (Å²) in [4.78, 5) is 9.51. The molecule has 1 aromatic heterocycles. The summed E-state index contributed by atoms with van der Waals surface area (Å²) in [6.07, 6.45) is 0. The van der Waals surface area contributed by atoms with Crippen LogP contribution in [0, 0.1) is 11.3 Å². The van der Waals surface area contributed by atoms with Gasteiger partial charge < -0.3 is 19.6 Å². The number of allylic oxidation sites excluding steroid dienone is 1. The molecule has 2 N–H and O–H groups in total. The van der Waals surface area contributed by atoms with Gasteiger partial charge in [0.25, 0.3) is 0 Å². The van der Waals surface area contributed by atoms with Crippen LogP contribution < -0.4 is 9.47 Å². The molecule has 2 aliphatic heterocycles. The van der Waals surface area contributed by atoms with Crippen molar-refractivity contribution in [1.29, 1.82) is 5.26 Å². The molecule has 10 nitrogen and oxygen atoms in total. The van der Waals surface area contributed by atoms with E-state index in [1.165, 1.54) is 16.4 Å². The molecule has 0 aliphatic carbocycles. The van der Waals surface area contributed by atoms with E-state index >= 15 is 0 Å². The number of hydrogen-bond acceptors (Lipinski definition) is 8. The highest BCUT2D eigenvalue weighted by Gasteiger charge is 2.30. The van der Waals surface area contributed by atoms with Crippen molar-refractivity contribution in [3.63, 3.8) is 0 Å². The number of sulfonamides is 1. The van der Waals surface area contributed by atoms with Gasteiger partial charge in [-0.2, -0.15) is 9.57 Å². The number of nitrogens with zero attached hydrogens (tertiary/aromatic N) is 4. The Kier molecular flexibility index (Phi) is 5.87. The van der Waals surface area contributed by atoms with Crippen LogP contribution in [0.5, 0.6) is 11.5 Å². The largest absolute Gasteiger partial charge is 0.509 e. The Hall–Kier alpha value is -3.59. The highest BCUT2D eigenvalue weighted by atomic mass is 32.2. The van der Waals surface area contributed by atoms with Gasteiger partial charge in [-0.25, -0.2) is 13.4 Å². The Balaban J connectivity index is 1.27. The van der Waals surface area contributed by atoms with Crippen LogP contribution in [0.3, 0.4) is 0 Å². The molecule has 1 fully saturated rings. The number of aliphatic hydroxyl groups is 1. The summed E-state index contributed by atoms with van der Waals surface area (Å²) in [5.41, 5.74) is 1.55. The highest BCUT2D eigenvalue weighted by molar-refractivity contribution is 7.89. The van der Waals surface area contributed by atoms with E-state index in [1.807, 2.05) is 35.2 Å². The number of imidazole rings is 1. The molecular formula is C23H23N5O5S. The molecule has 0 atom stereocenters. The fourth-order valence-electron chi connectivity index (χ4n) is 4.08. The van der Waals surface area contributed by atoms with Crippen molar-refractivity contribution in [1.82, 2.24) is 19.2 Å². The lowest BCUT2D eigenvalue weighted by atomic mass is 10.2. The van der Waals surface area contributed by atoms with Crippen LogP contribution in [0.4, 0.5) is 0 Å². The maximum absolute atomic E-state index is 13.1. The van der Waals surface area contributed by atoms with Gasteiger partial charge in [0, 0.05) is 32.2 Å². The predicted molar refractivity (Wildman–Crippen MR) is 124 cm³/mol. The van der Waals surface area contributed by atoms with E-state index in [0.29, 0.717) is 49.1 Å². The zero-order chi connectivity index (χ0) is 23.7. The van der Waals surface area contributed by atoms with Crippen molar-refractivity contribution in [2.24, 2.45) is 0 Å². The van der Waals surface area contributed by atoms with Gasteiger partial charge in [-0.15, -0.1) is 0 Å². The van der Waals surface area contributed by atoms with Crippen molar-refractivity contribution in [2.45, 2.75) is 4.90 Å². The Bertz CT molecular complexity index is 1370. The average molecular weight is 482 g/mol. The fourth-order valence-corrected chi connectivity index (χ4v) is 5.52. The first-order valence-corrected chi connectivity index (χ1v) is 12.3. The number of aromatic amines is 1. The third kappa shape index (κ3) is 4.19. The lowest BCUT2D eigenvalue weighted by Gasteiger charge is -2.34. The first kappa shape index (κ1) is 22.2. The minimum absolute atomic E-state index is 0.0718. The zero-order valence-electron chi connectivity index (χ0n) is 18.3. The SMILES string of the molecule is N#C/C(=C(/O)CN1CCN(S(=O)(=O)c2ccc3c(c2)OCCO3)CC1)c1nc2ccccc2[nH]1. The number of fused-ring (bicyclic) bond motifs is 2. The maximum Gasteiger partial charge on any atom is 0.243 e.